The third kappa shape index (κ3) is 3.83. The maximum absolute atomic E-state index is 13.7. The van der Waals surface area contributed by atoms with Crippen LogP contribution in [0.1, 0.15) is 35.4 Å². The monoisotopic (exact) mass is 353 g/mol. The van der Waals surface area contributed by atoms with E-state index in [-0.39, 0.29) is 5.82 Å². The summed E-state index contributed by atoms with van der Waals surface area (Å²) in [6.07, 6.45) is 2.46. The van der Waals surface area contributed by atoms with Gasteiger partial charge in [-0.3, -0.25) is 15.8 Å². The predicted molar refractivity (Wildman–Crippen MR) is 103 cm³/mol. The lowest BCUT2D eigenvalue weighted by Crippen LogP contribution is -2.46. The summed E-state index contributed by atoms with van der Waals surface area (Å²) in [6.45, 7) is 6.34. The number of piperidine rings is 1. The van der Waals surface area contributed by atoms with Crippen LogP contribution in [0.2, 0.25) is 0 Å². The van der Waals surface area contributed by atoms with Crippen molar-refractivity contribution in [3.63, 3.8) is 0 Å². The molecule has 4 heteroatoms. The van der Waals surface area contributed by atoms with Gasteiger partial charge < -0.3 is 0 Å². The molecule has 2 N–H and O–H groups in total. The summed E-state index contributed by atoms with van der Waals surface area (Å²) in [5, 5.41) is 0. The van der Waals surface area contributed by atoms with E-state index in [9.17, 15) is 4.39 Å². The molecule has 2 aromatic rings. The molecule has 0 bridgehead atoms. The van der Waals surface area contributed by atoms with Gasteiger partial charge in [-0.05, 0) is 61.1 Å². The number of benzene rings is 2. The van der Waals surface area contributed by atoms with E-state index >= 15 is 0 Å². The van der Waals surface area contributed by atoms with Gasteiger partial charge in [-0.25, -0.2) is 4.39 Å². The zero-order valence-corrected chi connectivity index (χ0v) is 15.4. The van der Waals surface area contributed by atoms with Crippen LogP contribution in [0.3, 0.4) is 0 Å². The fourth-order valence-electron chi connectivity index (χ4n) is 4.58. The van der Waals surface area contributed by atoms with E-state index in [4.69, 9.17) is 0 Å². The number of nitrogens with one attached hydrogen (secondary N) is 2. The molecule has 26 heavy (non-hydrogen) atoms. The van der Waals surface area contributed by atoms with Gasteiger partial charge in [0.25, 0.3) is 0 Å². The molecule has 2 aliphatic heterocycles. The first-order chi connectivity index (χ1) is 12.7. The Morgan fingerprint density at radius 2 is 2.04 bits per heavy atom. The molecular formula is C22H28FN3. The van der Waals surface area contributed by atoms with Crippen molar-refractivity contribution in [3.8, 4) is 0 Å². The van der Waals surface area contributed by atoms with Gasteiger partial charge in [0, 0.05) is 31.6 Å². The minimum absolute atomic E-state index is 0.141. The summed E-state index contributed by atoms with van der Waals surface area (Å²) >= 11 is 0. The second-order valence-electron chi connectivity index (χ2n) is 7.78. The van der Waals surface area contributed by atoms with Crippen LogP contribution < -0.4 is 10.9 Å². The maximum atomic E-state index is 13.7. The summed E-state index contributed by atoms with van der Waals surface area (Å²) in [5.74, 6) is 0.767. The Labute approximate surface area is 155 Å². The molecule has 3 nitrogen and oxygen atoms in total. The first-order valence-corrected chi connectivity index (χ1v) is 9.71. The van der Waals surface area contributed by atoms with Gasteiger partial charge in [0.2, 0.25) is 0 Å². The second kappa shape index (κ2) is 7.87. The van der Waals surface area contributed by atoms with Crippen molar-refractivity contribution in [3.05, 3.63) is 71.0 Å². The van der Waals surface area contributed by atoms with Crippen molar-refractivity contribution in [2.75, 3.05) is 19.6 Å². The Morgan fingerprint density at radius 1 is 1.15 bits per heavy atom. The molecule has 3 atom stereocenters. The lowest BCUT2D eigenvalue weighted by molar-refractivity contribution is 0.139. The normalized spacial score (nSPS) is 26.9. The Morgan fingerprint density at radius 3 is 2.88 bits per heavy atom. The second-order valence-corrected chi connectivity index (χ2v) is 7.78. The summed E-state index contributed by atoms with van der Waals surface area (Å²) < 4.78 is 13.7. The van der Waals surface area contributed by atoms with Gasteiger partial charge >= 0.3 is 0 Å². The molecule has 2 aromatic carbocycles. The van der Waals surface area contributed by atoms with Crippen LogP contribution in [0.25, 0.3) is 0 Å². The number of likely N-dealkylation sites (tertiary alicyclic amines) is 1. The van der Waals surface area contributed by atoms with Gasteiger partial charge in [0.05, 0.1) is 0 Å². The first-order valence-electron chi connectivity index (χ1n) is 9.71. The number of hydrogen-bond donors (Lipinski definition) is 2. The topological polar surface area (TPSA) is 27.3 Å². The van der Waals surface area contributed by atoms with E-state index in [1.54, 1.807) is 6.07 Å². The summed E-state index contributed by atoms with van der Waals surface area (Å²) in [5.41, 5.74) is 10.7. The third-order valence-electron chi connectivity index (χ3n) is 6.01. The van der Waals surface area contributed by atoms with Crippen molar-refractivity contribution in [2.45, 2.75) is 38.3 Å². The van der Waals surface area contributed by atoms with Crippen LogP contribution in [0.4, 0.5) is 4.39 Å². The number of rotatable bonds is 4. The first kappa shape index (κ1) is 17.7. The molecule has 0 radical (unpaired) electrons. The van der Waals surface area contributed by atoms with E-state index < -0.39 is 0 Å². The van der Waals surface area contributed by atoms with E-state index in [1.807, 2.05) is 6.07 Å². The van der Waals surface area contributed by atoms with Crippen molar-refractivity contribution in [2.24, 2.45) is 5.92 Å². The van der Waals surface area contributed by atoms with Crippen LogP contribution in [0, 0.1) is 18.7 Å². The molecule has 2 aliphatic rings. The maximum Gasteiger partial charge on any atom is 0.123 e. The van der Waals surface area contributed by atoms with E-state index in [2.05, 4.69) is 53.0 Å². The molecule has 0 aliphatic carbocycles. The van der Waals surface area contributed by atoms with E-state index in [0.29, 0.717) is 17.9 Å². The molecule has 4 rings (SSSR count). The van der Waals surface area contributed by atoms with Crippen LogP contribution >= 0.6 is 0 Å². The number of halogens is 1. The highest BCUT2D eigenvalue weighted by Gasteiger charge is 2.36. The molecule has 3 unspecified atom stereocenters. The Balaban J connectivity index is 1.46. The zero-order chi connectivity index (χ0) is 17.9. The lowest BCUT2D eigenvalue weighted by Gasteiger charge is -2.37. The number of aryl methyl sites for hydroxylation is 1. The SMILES string of the molecule is Cc1ccccc1CN1CCCC(C2NNCC2c2cccc(F)c2)C1. The summed E-state index contributed by atoms with van der Waals surface area (Å²) in [6, 6.07) is 16.1. The minimum atomic E-state index is -0.141. The third-order valence-corrected chi connectivity index (χ3v) is 6.01. The smallest absolute Gasteiger partial charge is 0.123 e. The molecule has 0 spiro atoms. The van der Waals surface area contributed by atoms with Gasteiger partial charge in [-0.15, -0.1) is 0 Å². The van der Waals surface area contributed by atoms with Crippen molar-refractivity contribution in [1.29, 1.82) is 0 Å². The molecule has 2 heterocycles. The van der Waals surface area contributed by atoms with Gasteiger partial charge in [0.15, 0.2) is 0 Å². The largest absolute Gasteiger partial charge is 0.299 e. The summed E-state index contributed by atoms with van der Waals surface area (Å²) in [4.78, 5) is 2.58. The number of hydrogen-bond acceptors (Lipinski definition) is 3. The highest BCUT2D eigenvalue weighted by molar-refractivity contribution is 5.26. The highest BCUT2D eigenvalue weighted by atomic mass is 19.1. The zero-order valence-electron chi connectivity index (χ0n) is 15.4. The molecule has 2 fully saturated rings. The van der Waals surface area contributed by atoms with Gasteiger partial charge in [-0.2, -0.15) is 0 Å². The quantitative estimate of drug-likeness (QED) is 0.879. The average Bonchev–Trinajstić information content (AvgIpc) is 3.14. The van der Waals surface area contributed by atoms with Crippen LogP contribution in [-0.2, 0) is 6.54 Å². The average molecular weight is 353 g/mol. The Hall–Kier alpha value is -1.75. The van der Waals surface area contributed by atoms with Crippen molar-refractivity contribution in [1.82, 2.24) is 15.8 Å². The molecule has 0 amide bonds. The Kier molecular flexibility index (Phi) is 5.34. The fourth-order valence-corrected chi connectivity index (χ4v) is 4.58. The molecule has 138 valence electrons. The number of nitrogens with zero attached hydrogens (tertiary/aromatic N) is 1. The highest BCUT2D eigenvalue weighted by Crippen LogP contribution is 2.32. The molecule has 0 saturated carbocycles. The minimum Gasteiger partial charge on any atom is -0.299 e. The van der Waals surface area contributed by atoms with Crippen LogP contribution in [0.15, 0.2) is 48.5 Å². The summed E-state index contributed by atoms with van der Waals surface area (Å²) in [7, 11) is 0. The lowest BCUT2D eigenvalue weighted by atomic mass is 9.81. The van der Waals surface area contributed by atoms with Crippen molar-refractivity contribution < 1.29 is 4.39 Å². The van der Waals surface area contributed by atoms with E-state index in [1.165, 1.54) is 30.0 Å². The van der Waals surface area contributed by atoms with Gasteiger partial charge in [-0.1, -0.05) is 36.4 Å². The van der Waals surface area contributed by atoms with Crippen molar-refractivity contribution >= 4 is 0 Å². The Bertz CT molecular complexity index is 748. The standard InChI is InChI=1S/C22H28FN3/c1-16-6-2-3-7-18(16)14-26-11-5-9-19(15-26)22-21(13-24-25-22)17-8-4-10-20(23)12-17/h2-4,6-8,10,12,19,21-22,24-25H,5,9,11,13-15H2,1H3. The van der Waals surface area contributed by atoms with Crippen LogP contribution in [-0.4, -0.2) is 30.6 Å². The molecular weight excluding hydrogens is 325 g/mol. The van der Waals surface area contributed by atoms with Crippen LogP contribution in [0.5, 0.6) is 0 Å². The molecule has 0 aromatic heterocycles. The number of hydrazine groups is 1. The van der Waals surface area contributed by atoms with E-state index in [0.717, 1.165) is 31.7 Å². The molecule has 2 saturated heterocycles. The fraction of sp³-hybridized carbons (Fsp3) is 0.455. The predicted octanol–water partition coefficient (Wildman–Crippen LogP) is 3.61. The van der Waals surface area contributed by atoms with Gasteiger partial charge in [0.1, 0.15) is 5.82 Å².